The van der Waals surface area contributed by atoms with E-state index in [1.54, 1.807) is 29.8 Å². The van der Waals surface area contributed by atoms with Crippen molar-refractivity contribution in [3.8, 4) is 11.4 Å². The molecule has 0 amide bonds. The van der Waals surface area contributed by atoms with Gasteiger partial charge < -0.3 is 20.6 Å². The van der Waals surface area contributed by atoms with Crippen LogP contribution in [0, 0.1) is 12.3 Å². The van der Waals surface area contributed by atoms with Gasteiger partial charge in [0, 0.05) is 18.0 Å². The number of hydrazone groups is 1. The fraction of sp³-hybridized carbons (Fsp3) is 0.312. The van der Waals surface area contributed by atoms with Crippen molar-refractivity contribution in [3.63, 3.8) is 0 Å². The lowest BCUT2D eigenvalue weighted by Crippen LogP contribution is -2.20. The molecule has 0 saturated carbocycles. The Labute approximate surface area is 143 Å². The van der Waals surface area contributed by atoms with Gasteiger partial charge in [-0.3, -0.25) is 0 Å². The standard InChI is InChI=1S/C14H14F3N5O.C2H6/c1-9-6-22(8-20-9)12-3-2-10(11(5-18)21-19)4-13(12)23-7-14(15,16)17;1-2/h2-6,8,18H,7,19H2,1H3;1-2H3/b18-5?,21-11+;. The molecule has 0 aliphatic heterocycles. The summed E-state index contributed by atoms with van der Waals surface area (Å²) in [6.45, 7) is 4.33. The molecule has 0 unspecified atom stereocenters. The molecule has 6 nitrogen and oxygen atoms in total. The molecule has 0 saturated heterocycles. The third kappa shape index (κ3) is 5.63. The molecule has 9 heteroatoms. The second-order valence-corrected chi connectivity index (χ2v) is 4.67. The van der Waals surface area contributed by atoms with Crippen molar-refractivity contribution in [2.45, 2.75) is 26.9 Å². The van der Waals surface area contributed by atoms with E-state index >= 15 is 0 Å². The van der Waals surface area contributed by atoms with Gasteiger partial charge in [0.05, 0.1) is 17.7 Å². The van der Waals surface area contributed by atoms with Gasteiger partial charge in [0.1, 0.15) is 11.5 Å². The maximum absolute atomic E-state index is 12.4. The predicted octanol–water partition coefficient (Wildman–Crippen LogP) is 3.46. The highest BCUT2D eigenvalue weighted by Crippen LogP contribution is 2.27. The highest BCUT2D eigenvalue weighted by molar-refractivity contribution is 6.37. The number of benzene rings is 1. The van der Waals surface area contributed by atoms with Crippen molar-refractivity contribution in [1.82, 2.24) is 9.55 Å². The minimum absolute atomic E-state index is 0.0137. The molecule has 2 rings (SSSR count). The molecule has 25 heavy (non-hydrogen) atoms. The molecule has 0 bridgehead atoms. The largest absolute Gasteiger partial charge is 0.482 e. The van der Waals surface area contributed by atoms with Crippen LogP contribution in [0.15, 0.2) is 35.8 Å². The van der Waals surface area contributed by atoms with Gasteiger partial charge in [-0.15, -0.1) is 0 Å². The topological polar surface area (TPSA) is 89.3 Å². The molecular formula is C16H20F3N5O. The first kappa shape index (κ1) is 20.2. The van der Waals surface area contributed by atoms with Gasteiger partial charge in [0.25, 0.3) is 0 Å². The van der Waals surface area contributed by atoms with Crippen LogP contribution in [0.3, 0.4) is 0 Å². The molecule has 0 spiro atoms. The number of hydrogen-bond donors (Lipinski definition) is 2. The SMILES string of the molecule is CC.Cc1cn(-c2ccc(/C(C=N)=N/N)cc2OCC(F)(F)F)cn1. The second kappa shape index (κ2) is 8.86. The third-order valence-electron chi connectivity index (χ3n) is 2.91. The number of alkyl halides is 3. The highest BCUT2D eigenvalue weighted by atomic mass is 19.4. The lowest BCUT2D eigenvalue weighted by atomic mass is 10.1. The summed E-state index contributed by atoms with van der Waals surface area (Å²) in [7, 11) is 0. The van der Waals surface area contributed by atoms with Crippen LogP contribution in [0.1, 0.15) is 25.1 Å². The number of halogens is 3. The van der Waals surface area contributed by atoms with Crippen molar-refractivity contribution in [2.75, 3.05) is 6.61 Å². The Kier molecular flexibility index (Phi) is 7.16. The normalized spacial score (nSPS) is 11.5. The Morgan fingerprint density at radius 3 is 2.56 bits per heavy atom. The maximum Gasteiger partial charge on any atom is 0.422 e. The van der Waals surface area contributed by atoms with Crippen LogP contribution in [0.5, 0.6) is 5.75 Å². The molecule has 136 valence electrons. The van der Waals surface area contributed by atoms with E-state index in [-0.39, 0.29) is 11.5 Å². The minimum Gasteiger partial charge on any atom is -0.482 e. The van der Waals surface area contributed by atoms with Crippen LogP contribution in [0.25, 0.3) is 5.69 Å². The van der Waals surface area contributed by atoms with Crippen molar-refractivity contribution in [1.29, 1.82) is 5.41 Å². The maximum atomic E-state index is 12.4. The van der Waals surface area contributed by atoms with E-state index in [9.17, 15) is 13.2 Å². The van der Waals surface area contributed by atoms with E-state index in [0.717, 1.165) is 6.21 Å². The van der Waals surface area contributed by atoms with Gasteiger partial charge in [-0.1, -0.05) is 19.9 Å². The van der Waals surface area contributed by atoms with Gasteiger partial charge >= 0.3 is 6.18 Å². The summed E-state index contributed by atoms with van der Waals surface area (Å²) < 4.78 is 43.8. The molecule has 0 aliphatic carbocycles. The first-order valence-electron chi connectivity index (χ1n) is 7.47. The number of ether oxygens (including phenoxy) is 1. The number of imidazole rings is 1. The Morgan fingerprint density at radius 1 is 1.40 bits per heavy atom. The lowest BCUT2D eigenvalue weighted by molar-refractivity contribution is -0.153. The molecule has 2 aromatic rings. The van der Waals surface area contributed by atoms with Gasteiger partial charge in [0.2, 0.25) is 0 Å². The van der Waals surface area contributed by atoms with Gasteiger partial charge in [-0.2, -0.15) is 18.3 Å². The number of nitrogens with one attached hydrogen (secondary N) is 1. The fourth-order valence-corrected chi connectivity index (χ4v) is 1.91. The zero-order chi connectivity index (χ0) is 19.0. The number of nitrogens with two attached hydrogens (primary N) is 1. The predicted molar refractivity (Wildman–Crippen MR) is 90.7 cm³/mol. The van der Waals surface area contributed by atoms with E-state index in [1.165, 1.54) is 12.4 Å². The van der Waals surface area contributed by atoms with Gasteiger partial charge in [0.15, 0.2) is 6.61 Å². The summed E-state index contributed by atoms with van der Waals surface area (Å²) >= 11 is 0. The van der Waals surface area contributed by atoms with E-state index in [2.05, 4.69) is 10.1 Å². The number of rotatable bonds is 5. The molecule has 1 heterocycles. The monoisotopic (exact) mass is 355 g/mol. The van der Waals surface area contributed by atoms with E-state index < -0.39 is 12.8 Å². The quantitative estimate of drug-likeness (QED) is 0.489. The molecule has 3 N–H and O–H groups in total. The van der Waals surface area contributed by atoms with Crippen LogP contribution < -0.4 is 10.6 Å². The van der Waals surface area contributed by atoms with Gasteiger partial charge in [-0.25, -0.2) is 4.98 Å². The minimum atomic E-state index is -4.47. The molecule has 0 aliphatic rings. The summed E-state index contributed by atoms with van der Waals surface area (Å²) in [6, 6.07) is 4.49. The van der Waals surface area contributed by atoms with E-state index in [1.807, 2.05) is 13.8 Å². The number of nitrogens with zero attached hydrogens (tertiary/aromatic N) is 3. The number of hydrogen-bond acceptors (Lipinski definition) is 5. The van der Waals surface area contributed by atoms with Crippen molar-refractivity contribution in [3.05, 3.63) is 42.0 Å². The van der Waals surface area contributed by atoms with E-state index in [4.69, 9.17) is 16.0 Å². The molecule has 0 radical (unpaired) electrons. The van der Waals surface area contributed by atoms with Crippen LogP contribution >= 0.6 is 0 Å². The molecule has 0 fully saturated rings. The zero-order valence-electron chi connectivity index (χ0n) is 14.1. The first-order valence-corrected chi connectivity index (χ1v) is 7.47. The zero-order valence-corrected chi connectivity index (χ0v) is 14.1. The summed E-state index contributed by atoms with van der Waals surface area (Å²) in [5.74, 6) is 5.15. The van der Waals surface area contributed by atoms with Gasteiger partial charge in [-0.05, 0) is 19.1 Å². The summed E-state index contributed by atoms with van der Waals surface area (Å²) in [5, 5.41) is 10.6. The van der Waals surface area contributed by atoms with Crippen LogP contribution in [-0.4, -0.2) is 34.3 Å². The molecule has 1 aromatic carbocycles. The van der Waals surface area contributed by atoms with Crippen molar-refractivity contribution >= 4 is 11.9 Å². The summed E-state index contributed by atoms with van der Waals surface area (Å²) in [5.41, 5.74) is 1.59. The van der Waals surface area contributed by atoms with Crippen LogP contribution in [0.4, 0.5) is 13.2 Å². The summed E-state index contributed by atoms with van der Waals surface area (Å²) in [4.78, 5) is 4.04. The Balaban J connectivity index is 0.00000151. The molecular weight excluding hydrogens is 335 g/mol. The van der Waals surface area contributed by atoms with Crippen molar-refractivity contribution in [2.24, 2.45) is 10.9 Å². The Hall–Kier alpha value is -2.84. The number of aromatic nitrogens is 2. The Bertz CT molecular complexity index is 738. The number of aryl methyl sites for hydroxylation is 1. The third-order valence-corrected chi connectivity index (χ3v) is 2.91. The average Bonchev–Trinajstić information content (AvgIpc) is 3.02. The fourth-order valence-electron chi connectivity index (χ4n) is 1.91. The highest BCUT2D eigenvalue weighted by Gasteiger charge is 2.29. The Morgan fingerprint density at radius 2 is 2.08 bits per heavy atom. The second-order valence-electron chi connectivity index (χ2n) is 4.67. The molecule has 0 atom stereocenters. The smallest absolute Gasteiger partial charge is 0.422 e. The lowest BCUT2D eigenvalue weighted by Gasteiger charge is -2.15. The van der Waals surface area contributed by atoms with E-state index in [0.29, 0.717) is 16.9 Å². The average molecular weight is 355 g/mol. The van der Waals surface area contributed by atoms with Crippen LogP contribution in [0.2, 0.25) is 0 Å². The summed E-state index contributed by atoms with van der Waals surface area (Å²) in [6.07, 6.45) is -0.433. The van der Waals surface area contributed by atoms with Crippen LogP contribution in [-0.2, 0) is 0 Å². The molecule has 1 aromatic heterocycles. The first-order chi connectivity index (χ1) is 11.8. The van der Waals surface area contributed by atoms with Crippen molar-refractivity contribution < 1.29 is 17.9 Å².